The molecule has 0 N–H and O–H groups in total. The molecule has 1 aliphatic carbocycles. The van der Waals surface area contributed by atoms with Crippen LogP contribution in [0.25, 0.3) is 21.5 Å². The minimum atomic E-state index is -4.41. The van der Waals surface area contributed by atoms with Crippen LogP contribution in [-0.4, -0.2) is 3.21 Å². The van der Waals surface area contributed by atoms with Crippen LogP contribution in [0.5, 0.6) is 0 Å². The Morgan fingerprint density at radius 3 is 1.38 bits per heavy atom. The van der Waals surface area contributed by atoms with Crippen LogP contribution in [0.1, 0.15) is 67.5 Å². The topological polar surface area (TPSA) is 0 Å². The number of rotatable bonds is 3. The van der Waals surface area contributed by atoms with Crippen molar-refractivity contribution in [3.8, 4) is 0 Å². The van der Waals surface area contributed by atoms with Gasteiger partial charge in [-0.2, -0.15) is 11.6 Å². The molecule has 0 radical (unpaired) electrons. The van der Waals surface area contributed by atoms with Crippen molar-refractivity contribution in [2.24, 2.45) is 11.3 Å². The molecule has 5 aromatic carbocycles. The van der Waals surface area contributed by atoms with Crippen LogP contribution in [0.15, 0.2) is 109 Å². The Hall–Kier alpha value is -2.86. The molecule has 5 aromatic rings. The van der Waals surface area contributed by atoms with Crippen molar-refractivity contribution >= 4 is 24.8 Å². The second-order valence-corrected chi connectivity index (χ2v) is 14.3. The molecule has 0 bridgehead atoms. The molecule has 0 aromatic heterocycles. The van der Waals surface area contributed by atoms with Crippen molar-refractivity contribution in [3.05, 3.63) is 148 Å². The molecule has 0 aliphatic heterocycles. The Labute approximate surface area is 318 Å². The number of fused-ring (bicyclic) bond motifs is 3. The van der Waals surface area contributed by atoms with Gasteiger partial charge in [0.15, 0.2) is 0 Å². The van der Waals surface area contributed by atoms with Gasteiger partial charge in [0.05, 0.1) is 0 Å². The minimum Gasteiger partial charge on any atom is -1.00 e. The van der Waals surface area contributed by atoms with Crippen LogP contribution < -0.4 is 24.8 Å². The van der Waals surface area contributed by atoms with Crippen molar-refractivity contribution in [1.29, 1.82) is 0 Å². The van der Waals surface area contributed by atoms with E-state index in [-0.39, 0.29) is 24.8 Å². The fourth-order valence-electron chi connectivity index (χ4n) is 5.29. The van der Waals surface area contributed by atoms with Crippen molar-refractivity contribution in [2.45, 2.75) is 60.3 Å². The van der Waals surface area contributed by atoms with Gasteiger partial charge in [0, 0.05) is 0 Å². The maximum absolute atomic E-state index is 12.5. The van der Waals surface area contributed by atoms with E-state index in [0.717, 1.165) is 48.5 Å². The first-order valence-electron chi connectivity index (χ1n) is 15.7. The molecule has 0 spiro atoms. The van der Waals surface area contributed by atoms with E-state index in [0.29, 0.717) is 25.7 Å². The molecule has 0 fully saturated rings. The van der Waals surface area contributed by atoms with E-state index in [4.69, 9.17) is 0 Å². The monoisotopic (exact) mass is 804 g/mol. The number of alkyl halides is 6. The molecular formula is C41H38Cl2F6Zr-2. The minimum absolute atomic E-state index is 0. The second-order valence-electron chi connectivity index (χ2n) is 13.0. The summed E-state index contributed by atoms with van der Waals surface area (Å²) in [7, 11) is 0. The van der Waals surface area contributed by atoms with Crippen LogP contribution in [-0.2, 0) is 36.6 Å². The summed E-state index contributed by atoms with van der Waals surface area (Å²) in [6.45, 7) is 13.2. The zero-order valence-electron chi connectivity index (χ0n) is 28.6. The first kappa shape index (κ1) is 43.3. The van der Waals surface area contributed by atoms with Crippen molar-refractivity contribution in [1.82, 2.24) is 0 Å². The van der Waals surface area contributed by atoms with E-state index in [1.54, 1.807) is 0 Å². The Morgan fingerprint density at radius 2 is 1.08 bits per heavy atom. The third-order valence-electron chi connectivity index (χ3n) is 8.16. The molecule has 1 aliphatic rings. The summed E-state index contributed by atoms with van der Waals surface area (Å²) >= 11 is 0.898. The molecule has 1 unspecified atom stereocenters. The largest absolute Gasteiger partial charge is 1.00 e. The second kappa shape index (κ2) is 17.6. The molecule has 0 saturated heterocycles. The molecule has 0 nitrogen and oxygen atoms in total. The molecule has 9 heteroatoms. The number of allylic oxidation sites excluding steroid dienone is 4. The van der Waals surface area contributed by atoms with E-state index in [9.17, 15) is 26.3 Å². The first-order chi connectivity index (χ1) is 22.4. The fourth-order valence-corrected chi connectivity index (χ4v) is 6.11. The smallest absolute Gasteiger partial charge is 1.00 e. The summed E-state index contributed by atoms with van der Waals surface area (Å²) in [5.41, 5.74) is 4.00. The van der Waals surface area contributed by atoms with Crippen LogP contribution in [0.2, 0.25) is 0 Å². The van der Waals surface area contributed by atoms with E-state index < -0.39 is 23.5 Å². The molecule has 0 saturated carbocycles. The average Bonchev–Trinajstić information content (AvgIpc) is 3.65. The molecule has 0 heterocycles. The van der Waals surface area contributed by atoms with Gasteiger partial charge in [0.2, 0.25) is 0 Å². The summed E-state index contributed by atoms with van der Waals surface area (Å²) in [6.07, 6.45) is 0.185. The first-order valence-corrected chi connectivity index (χ1v) is 16.9. The Morgan fingerprint density at radius 1 is 0.680 bits per heavy atom. The third-order valence-corrected chi connectivity index (χ3v) is 9.58. The summed E-state index contributed by atoms with van der Waals surface area (Å²) < 4.78 is 75.6. The van der Waals surface area contributed by atoms with E-state index >= 15 is 0 Å². The van der Waals surface area contributed by atoms with Gasteiger partial charge in [0.25, 0.3) is 0 Å². The number of halogens is 8. The number of benzene rings is 4. The summed E-state index contributed by atoms with van der Waals surface area (Å²) in [5, 5.41) is 5.46. The Bertz CT molecular complexity index is 1820. The van der Waals surface area contributed by atoms with Gasteiger partial charge in [-0.15, -0.1) is 39.7 Å². The van der Waals surface area contributed by atoms with Crippen LogP contribution in [0.4, 0.5) is 26.3 Å². The van der Waals surface area contributed by atoms with Crippen molar-refractivity contribution in [2.75, 3.05) is 0 Å². The standard InChI is InChI=1S/C15H8F6.C15H13.C11H17.2ClH.Zr/c16-14(17,18)12-5-1-10(2-6-12)9-11-3-7-13(8-4-11)15(19,20)21;1-10-3-5-14-12(7-10)9-13-8-11(2)4-6-15(13)14;1-5-9-6-7-10(8-9)11(2,3)4;;;/h1-8H;3-9H,1-2H3;7-9H,5H2,1-4H3;2*1H;/q;2*-1;;;+2/p-2. The molecule has 50 heavy (non-hydrogen) atoms. The van der Waals surface area contributed by atoms with Gasteiger partial charge in [-0.25, -0.2) is 6.08 Å². The van der Waals surface area contributed by atoms with E-state index in [2.05, 4.69) is 102 Å². The predicted molar refractivity (Wildman–Crippen MR) is 182 cm³/mol. The van der Waals surface area contributed by atoms with Gasteiger partial charge >= 0.3 is 137 Å². The van der Waals surface area contributed by atoms with Crippen LogP contribution in [0, 0.1) is 31.3 Å². The maximum Gasteiger partial charge on any atom is -1.00 e. The van der Waals surface area contributed by atoms with Crippen LogP contribution >= 0.6 is 0 Å². The average molecular weight is 807 g/mol. The molecule has 0 amide bonds. The van der Waals surface area contributed by atoms with Gasteiger partial charge in [0.1, 0.15) is 0 Å². The van der Waals surface area contributed by atoms with Crippen molar-refractivity contribution < 1.29 is 75.4 Å². The quantitative estimate of drug-likeness (QED) is 0.144. The third kappa shape index (κ3) is 11.3. The molecule has 1 atom stereocenters. The molecule has 264 valence electrons. The van der Waals surface area contributed by atoms with Crippen molar-refractivity contribution in [3.63, 3.8) is 0 Å². The molecule has 6 rings (SSSR count). The van der Waals surface area contributed by atoms with Gasteiger partial charge < -0.3 is 24.8 Å². The van der Waals surface area contributed by atoms with Gasteiger partial charge in [-0.05, 0) is 13.8 Å². The fraction of sp³-hybridized carbons (Fsp3) is 0.268. The van der Waals surface area contributed by atoms with E-state index in [1.807, 2.05) is 0 Å². The van der Waals surface area contributed by atoms with Gasteiger partial charge in [-0.1, -0.05) is 80.8 Å². The zero-order valence-corrected chi connectivity index (χ0v) is 32.6. The van der Waals surface area contributed by atoms with E-state index in [1.165, 1.54) is 68.9 Å². The summed E-state index contributed by atoms with van der Waals surface area (Å²) in [5.74, 6) is 0.573. The zero-order chi connectivity index (χ0) is 35.4. The van der Waals surface area contributed by atoms with Crippen LogP contribution in [0.3, 0.4) is 0 Å². The normalized spacial score (nSPS) is 14.1. The summed E-state index contributed by atoms with van der Waals surface area (Å²) in [4.78, 5) is 0. The number of aryl methyl sites for hydroxylation is 2. The Kier molecular flexibility index (Phi) is 15.2. The van der Waals surface area contributed by atoms with Gasteiger partial charge in [-0.3, -0.25) is 6.08 Å². The predicted octanol–water partition coefficient (Wildman–Crippen LogP) is 6.53. The number of hydrogen-bond donors (Lipinski definition) is 0. The summed E-state index contributed by atoms with van der Waals surface area (Å²) in [6, 6.07) is 24.7. The Balaban J connectivity index is 0.000000270. The maximum atomic E-state index is 12.5. The molecular weight excluding hydrogens is 769 g/mol. The SMILES string of the molecule is CCC1[C-]=CC(C(C)(C)C)=C1.Cc1ccc2c(c1)[cH-]c1cc(C)ccc12.FC(F)(F)c1ccc([C](=[Zr+2])c2ccc(C(F)(F)F)cc2)cc1.[Cl-].[Cl-]. The number of hydrogen-bond acceptors (Lipinski definition) is 0.